The second-order valence-corrected chi connectivity index (χ2v) is 7.55. The average Bonchev–Trinajstić information content (AvgIpc) is 3.40. The summed E-state index contributed by atoms with van der Waals surface area (Å²) in [5, 5.41) is 3.12. The third kappa shape index (κ3) is 4.07. The minimum atomic E-state index is -0.101. The molecule has 0 bridgehead atoms. The van der Waals surface area contributed by atoms with Crippen molar-refractivity contribution < 1.29 is 9.59 Å². The Hall–Kier alpha value is -2.57. The number of nitrogens with one attached hydrogen (secondary N) is 2. The quantitative estimate of drug-likeness (QED) is 0.848. The summed E-state index contributed by atoms with van der Waals surface area (Å²) < 4.78 is 2.03. The molecule has 0 atom stereocenters. The van der Waals surface area contributed by atoms with Crippen LogP contribution in [0.5, 0.6) is 0 Å². The van der Waals surface area contributed by atoms with E-state index in [1.807, 2.05) is 27.8 Å². The van der Waals surface area contributed by atoms with Crippen LogP contribution < -0.4 is 5.32 Å². The highest BCUT2D eigenvalue weighted by Gasteiger charge is 2.26. The van der Waals surface area contributed by atoms with Gasteiger partial charge in [-0.05, 0) is 37.8 Å². The maximum atomic E-state index is 12.7. The number of rotatable bonds is 5. The van der Waals surface area contributed by atoms with Crippen LogP contribution in [0, 0.1) is 0 Å². The molecular formula is C20H27N5O2. The van der Waals surface area contributed by atoms with Gasteiger partial charge in [0.2, 0.25) is 5.91 Å². The van der Waals surface area contributed by atoms with Crippen LogP contribution in [0.1, 0.15) is 60.4 Å². The smallest absolute Gasteiger partial charge is 0.272 e. The van der Waals surface area contributed by atoms with E-state index in [0.29, 0.717) is 25.1 Å². The molecule has 4 rings (SSSR count). The zero-order chi connectivity index (χ0) is 18.6. The molecule has 1 aliphatic heterocycles. The number of carbonyl (C=O) groups excluding carboxylic acids is 2. The van der Waals surface area contributed by atoms with Gasteiger partial charge in [-0.25, -0.2) is 4.98 Å². The molecule has 2 aliphatic rings. The molecule has 2 aromatic heterocycles. The van der Waals surface area contributed by atoms with Crippen molar-refractivity contribution in [2.75, 3.05) is 6.54 Å². The minimum Gasteiger partial charge on any atom is -0.365 e. The highest BCUT2D eigenvalue weighted by atomic mass is 16.2. The van der Waals surface area contributed by atoms with E-state index in [9.17, 15) is 9.59 Å². The summed E-state index contributed by atoms with van der Waals surface area (Å²) >= 11 is 0. The first-order valence-electron chi connectivity index (χ1n) is 9.95. The van der Waals surface area contributed by atoms with Crippen molar-refractivity contribution in [2.45, 2.75) is 64.1 Å². The van der Waals surface area contributed by atoms with Crippen molar-refractivity contribution >= 4 is 11.8 Å². The zero-order valence-corrected chi connectivity index (χ0v) is 15.6. The average molecular weight is 369 g/mol. The van der Waals surface area contributed by atoms with E-state index >= 15 is 0 Å². The van der Waals surface area contributed by atoms with Crippen molar-refractivity contribution in [2.24, 2.45) is 0 Å². The molecule has 0 aromatic carbocycles. The van der Waals surface area contributed by atoms with Crippen molar-refractivity contribution in [3.63, 3.8) is 0 Å². The second-order valence-electron chi connectivity index (χ2n) is 7.55. The molecule has 0 unspecified atom stereocenters. The fraction of sp³-hybridized carbons (Fsp3) is 0.550. The maximum absolute atomic E-state index is 12.7. The molecule has 0 saturated heterocycles. The fourth-order valence-corrected chi connectivity index (χ4v) is 4.11. The van der Waals surface area contributed by atoms with E-state index in [-0.39, 0.29) is 17.9 Å². The second kappa shape index (κ2) is 7.98. The van der Waals surface area contributed by atoms with Crippen molar-refractivity contribution in [3.8, 4) is 0 Å². The first-order valence-corrected chi connectivity index (χ1v) is 9.95. The molecule has 3 heterocycles. The van der Waals surface area contributed by atoms with E-state index in [0.717, 1.165) is 43.7 Å². The van der Waals surface area contributed by atoms with Crippen LogP contribution in [0.4, 0.5) is 0 Å². The van der Waals surface area contributed by atoms with Crippen LogP contribution >= 0.6 is 0 Å². The number of aromatic nitrogens is 3. The SMILES string of the molecule is O=C(NC1CCCC1)c1ncn2c1CN(C(=O)CCc1ccc[nH]1)CCC2. The van der Waals surface area contributed by atoms with Crippen molar-refractivity contribution in [1.82, 2.24) is 24.8 Å². The largest absolute Gasteiger partial charge is 0.365 e. The van der Waals surface area contributed by atoms with Gasteiger partial charge in [-0.1, -0.05) is 12.8 Å². The van der Waals surface area contributed by atoms with E-state index in [1.54, 1.807) is 6.33 Å². The Morgan fingerprint density at radius 3 is 2.85 bits per heavy atom. The summed E-state index contributed by atoms with van der Waals surface area (Å²) in [6.07, 6.45) is 10.1. The number of amides is 2. The number of hydrogen-bond donors (Lipinski definition) is 2. The first-order chi connectivity index (χ1) is 13.2. The van der Waals surface area contributed by atoms with Gasteiger partial charge in [0.25, 0.3) is 5.91 Å². The monoisotopic (exact) mass is 369 g/mol. The molecule has 27 heavy (non-hydrogen) atoms. The normalized spacial score (nSPS) is 17.6. The van der Waals surface area contributed by atoms with Gasteiger partial charge in [0.1, 0.15) is 0 Å². The molecule has 144 valence electrons. The Morgan fingerprint density at radius 1 is 1.22 bits per heavy atom. The van der Waals surface area contributed by atoms with Crippen molar-refractivity contribution in [3.05, 3.63) is 41.7 Å². The Morgan fingerprint density at radius 2 is 2.07 bits per heavy atom. The van der Waals surface area contributed by atoms with Crippen LogP contribution in [0.15, 0.2) is 24.7 Å². The van der Waals surface area contributed by atoms with Gasteiger partial charge in [0, 0.05) is 37.4 Å². The number of aryl methyl sites for hydroxylation is 2. The van der Waals surface area contributed by atoms with Crippen LogP contribution in [0.3, 0.4) is 0 Å². The predicted molar refractivity (Wildman–Crippen MR) is 101 cm³/mol. The summed E-state index contributed by atoms with van der Waals surface area (Å²) in [4.78, 5) is 34.8. The topological polar surface area (TPSA) is 83.0 Å². The van der Waals surface area contributed by atoms with Crippen LogP contribution in [0.2, 0.25) is 0 Å². The van der Waals surface area contributed by atoms with Gasteiger partial charge >= 0.3 is 0 Å². The lowest BCUT2D eigenvalue weighted by Crippen LogP contribution is -2.35. The number of imidazole rings is 1. The highest BCUT2D eigenvalue weighted by molar-refractivity contribution is 5.93. The summed E-state index contributed by atoms with van der Waals surface area (Å²) in [7, 11) is 0. The maximum Gasteiger partial charge on any atom is 0.272 e. The molecular weight excluding hydrogens is 342 g/mol. The number of H-pyrrole nitrogens is 1. The highest BCUT2D eigenvalue weighted by Crippen LogP contribution is 2.20. The van der Waals surface area contributed by atoms with E-state index in [2.05, 4.69) is 15.3 Å². The Kier molecular flexibility index (Phi) is 5.27. The lowest BCUT2D eigenvalue weighted by Gasteiger charge is -2.20. The zero-order valence-electron chi connectivity index (χ0n) is 15.6. The van der Waals surface area contributed by atoms with Crippen LogP contribution in [-0.2, 0) is 24.3 Å². The lowest BCUT2D eigenvalue weighted by molar-refractivity contribution is -0.131. The van der Waals surface area contributed by atoms with Crippen molar-refractivity contribution in [1.29, 1.82) is 0 Å². The molecule has 1 fully saturated rings. The van der Waals surface area contributed by atoms with Gasteiger partial charge < -0.3 is 19.8 Å². The van der Waals surface area contributed by atoms with Gasteiger partial charge in [-0.2, -0.15) is 0 Å². The number of carbonyl (C=O) groups is 2. The number of nitrogens with zero attached hydrogens (tertiary/aromatic N) is 3. The molecule has 1 saturated carbocycles. The molecule has 7 nitrogen and oxygen atoms in total. The summed E-state index contributed by atoms with van der Waals surface area (Å²) in [5.41, 5.74) is 2.40. The number of aromatic amines is 1. The summed E-state index contributed by atoms with van der Waals surface area (Å²) in [6.45, 7) is 1.96. The molecule has 0 radical (unpaired) electrons. The van der Waals surface area contributed by atoms with Crippen LogP contribution in [0.25, 0.3) is 0 Å². The summed E-state index contributed by atoms with van der Waals surface area (Å²) in [6, 6.07) is 4.20. The molecule has 0 spiro atoms. The molecule has 2 amide bonds. The molecule has 1 aliphatic carbocycles. The summed E-state index contributed by atoms with van der Waals surface area (Å²) in [5.74, 6) is 0.0257. The molecule has 7 heteroatoms. The van der Waals surface area contributed by atoms with E-state index in [4.69, 9.17) is 0 Å². The van der Waals surface area contributed by atoms with Crippen LogP contribution in [-0.4, -0.2) is 43.8 Å². The van der Waals surface area contributed by atoms with E-state index < -0.39 is 0 Å². The van der Waals surface area contributed by atoms with Gasteiger partial charge in [-0.3, -0.25) is 9.59 Å². The Bertz CT molecular complexity index is 789. The number of hydrogen-bond acceptors (Lipinski definition) is 3. The third-order valence-corrected chi connectivity index (χ3v) is 5.64. The lowest BCUT2D eigenvalue weighted by atomic mass is 10.2. The van der Waals surface area contributed by atoms with E-state index in [1.165, 1.54) is 12.8 Å². The fourth-order valence-electron chi connectivity index (χ4n) is 4.11. The first kappa shape index (κ1) is 17.8. The van der Waals surface area contributed by atoms with Gasteiger partial charge in [0.15, 0.2) is 5.69 Å². The standard InChI is InChI=1S/C20H27N5O2/c26-18(9-8-15-7-3-10-21-15)24-11-4-12-25-14-22-19(17(25)13-24)20(27)23-16-5-1-2-6-16/h3,7,10,14,16,21H,1-2,4-6,8-9,11-13H2,(H,23,27). The number of fused-ring (bicyclic) bond motifs is 1. The Balaban J connectivity index is 1.43. The molecule has 2 aromatic rings. The third-order valence-electron chi connectivity index (χ3n) is 5.64. The van der Waals surface area contributed by atoms with Gasteiger partial charge in [0.05, 0.1) is 18.6 Å². The predicted octanol–water partition coefficient (Wildman–Crippen LogP) is 2.25. The van der Waals surface area contributed by atoms with Gasteiger partial charge in [-0.15, -0.1) is 0 Å². The minimum absolute atomic E-state index is 0.101. The Labute approximate surface area is 159 Å². The molecule has 2 N–H and O–H groups in total.